The Morgan fingerprint density at radius 2 is 1.68 bits per heavy atom. The standard InChI is InChI=1S/C13H15N3O2S/c1-16(2)13-9-14-8-12(15-13)10-4-6-11(7-5-10)19(3,17)18/h4-9H,1-3H3. The van der Waals surface area contributed by atoms with E-state index < -0.39 is 9.84 Å². The van der Waals surface area contributed by atoms with Gasteiger partial charge in [0.25, 0.3) is 0 Å². The number of nitrogens with zero attached hydrogens (tertiary/aromatic N) is 3. The van der Waals surface area contributed by atoms with Crippen molar-refractivity contribution in [2.45, 2.75) is 4.90 Å². The minimum absolute atomic E-state index is 0.299. The summed E-state index contributed by atoms with van der Waals surface area (Å²) in [6.45, 7) is 0. The van der Waals surface area contributed by atoms with Crippen LogP contribution in [0, 0.1) is 0 Å². The summed E-state index contributed by atoms with van der Waals surface area (Å²) in [4.78, 5) is 10.7. The number of benzene rings is 1. The van der Waals surface area contributed by atoms with Crippen molar-refractivity contribution >= 4 is 15.7 Å². The molecule has 1 aromatic heterocycles. The van der Waals surface area contributed by atoms with Gasteiger partial charge in [0.2, 0.25) is 0 Å². The van der Waals surface area contributed by atoms with E-state index in [0.29, 0.717) is 10.6 Å². The molecule has 2 rings (SSSR count). The van der Waals surface area contributed by atoms with Crippen molar-refractivity contribution in [1.29, 1.82) is 0 Å². The maximum Gasteiger partial charge on any atom is 0.175 e. The highest BCUT2D eigenvalue weighted by atomic mass is 32.2. The van der Waals surface area contributed by atoms with Crippen LogP contribution in [0.15, 0.2) is 41.6 Å². The second-order valence-corrected chi connectivity index (χ2v) is 6.47. The maximum absolute atomic E-state index is 11.4. The molecule has 6 heteroatoms. The van der Waals surface area contributed by atoms with Gasteiger partial charge >= 0.3 is 0 Å². The number of anilines is 1. The molecule has 0 atom stereocenters. The molecule has 0 fully saturated rings. The first-order chi connectivity index (χ1) is 8.88. The monoisotopic (exact) mass is 277 g/mol. The molecule has 0 N–H and O–H groups in total. The molecular formula is C13H15N3O2S. The van der Waals surface area contributed by atoms with Crippen LogP contribution in [0.5, 0.6) is 0 Å². The third-order valence-corrected chi connectivity index (χ3v) is 3.79. The quantitative estimate of drug-likeness (QED) is 0.853. The zero-order valence-corrected chi connectivity index (χ0v) is 11.8. The van der Waals surface area contributed by atoms with Gasteiger partial charge in [-0.2, -0.15) is 0 Å². The SMILES string of the molecule is CN(C)c1cncc(-c2ccc(S(C)(=O)=O)cc2)n1. The predicted molar refractivity (Wildman–Crippen MR) is 74.9 cm³/mol. The zero-order chi connectivity index (χ0) is 14.0. The van der Waals surface area contributed by atoms with Gasteiger partial charge in [-0.3, -0.25) is 4.98 Å². The van der Waals surface area contributed by atoms with Crippen molar-refractivity contribution < 1.29 is 8.42 Å². The van der Waals surface area contributed by atoms with Crippen LogP contribution in [-0.2, 0) is 9.84 Å². The van der Waals surface area contributed by atoms with Crippen LogP contribution in [0.1, 0.15) is 0 Å². The molecule has 1 aromatic carbocycles. The van der Waals surface area contributed by atoms with Crippen molar-refractivity contribution in [3.05, 3.63) is 36.7 Å². The van der Waals surface area contributed by atoms with Crippen molar-refractivity contribution in [3.8, 4) is 11.3 Å². The number of hydrogen-bond donors (Lipinski definition) is 0. The lowest BCUT2D eigenvalue weighted by atomic mass is 10.2. The smallest absolute Gasteiger partial charge is 0.175 e. The lowest BCUT2D eigenvalue weighted by molar-refractivity contribution is 0.602. The third kappa shape index (κ3) is 3.08. The van der Waals surface area contributed by atoms with E-state index in [-0.39, 0.29) is 0 Å². The van der Waals surface area contributed by atoms with Gasteiger partial charge in [0.1, 0.15) is 5.82 Å². The number of hydrogen-bond acceptors (Lipinski definition) is 5. The Morgan fingerprint density at radius 1 is 1.05 bits per heavy atom. The Bertz CT molecular complexity index is 679. The summed E-state index contributed by atoms with van der Waals surface area (Å²) >= 11 is 0. The normalized spacial score (nSPS) is 11.3. The summed E-state index contributed by atoms with van der Waals surface area (Å²) in [6.07, 6.45) is 4.52. The maximum atomic E-state index is 11.4. The van der Waals surface area contributed by atoms with Gasteiger partial charge in [-0.25, -0.2) is 13.4 Å². The van der Waals surface area contributed by atoms with Gasteiger partial charge in [0, 0.05) is 25.9 Å². The van der Waals surface area contributed by atoms with Crippen LogP contribution in [0.2, 0.25) is 0 Å². The van der Waals surface area contributed by atoms with Crippen LogP contribution in [0.25, 0.3) is 11.3 Å². The molecule has 5 nitrogen and oxygen atoms in total. The lowest BCUT2D eigenvalue weighted by Crippen LogP contribution is -2.11. The summed E-state index contributed by atoms with van der Waals surface area (Å²) in [7, 11) is 0.611. The minimum Gasteiger partial charge on any atom is -0.361 e. The highest BCUT2D eigenvalue weighted by molar-refractivity contribution is 7.90. The molecule has 0 amide bonds. The van der Waals surface area contributed by atoms with Gasteiger partial charge in [-0.15, -0.1) is 0 Å². The molecule has 0 saturated carbocycles. The van der Waals surface area contributed by atoms with E-state index in [4.69, 9.17) is 0 Å². The minimum atomic E-state index is -3.17. The zero-order valence-electron chi connectivity index (χ0n) is 11.0. The fourth-order valence-electron chi connectivity index (χ4n) is 1.58. The Hall–Kier alpha value is -1.95. The number of sulfone groups is 1. The summed E-state index contributed by atoms with van der Waals surface area (Å²) in [6, 6.07) is 6.63. The number of aromatic nitrogens is 2. The molecule has 19 heavy (non-hydrogen) atoms. The van der Waals surface area contributed by atoms with Gasteiger partial charge in [0.15, 0.2) is 9.84 Å². The van der Waals surface area contributed by atoms with Crippen LogP contribution >= 0.6 is 0 Å². The average molecular weight is 277 g/mol. The van der Waals surface area contributed by atoms with Gasteiger partial charge in [0.05, 0.1) is 23.0 Å². The Balaban J connectivity index is 2.40. The van der Waals surface area contributed by atoms with Gasteiger partial charge in [-0.05, 0) is 12.1 Å². The molecule has 1 heterocycles. The number of rotatable bonds is 3. The van der Waals surface area contributed by atoms with E-state index in [1.165, 1.54) is 6.26 Å². The predicted octanol–water partition coefficient (Wildman–Crippen LogP) is 1.61. The van der Waals surface area contributed by atoms with Gasteiger partial charge < -0.3 is 4.90 Å². The van der Waals surface area contributed by atoms with Crippen molar-refractivity contribution in [2.24, 2.45) is 0 Å². The van der Waals surface area contributed by atoms with E-state index in [1.807, 2.05) is 19.0 Å². The lowest BCUT2D eigenvalue weighted by Gasteiger charge is -2.11. The fraction of sp³-hybridized carbons (Fsp3) is 0.231. The highest BCUT2D eigenvalue weighted by Gasteiger charge is 2.08. The first-order valence-electron chi connectivity index (χ1n) is 5.68. The molecule has 0 unspecified atom stereocenters. The van der Waals surface area contributed by atoms with Crippen LogP contribution in [0.4, 0.5) is 5.82 Å². The third-order valence-electron chi connectivity index (χ3n) is 2.66. The van der Waals surface area contributed by atoms with E-state index >= 15 is 0 Å². The van der Waals surface area contributed by atoms with E-state index in [9.17, 15) is 8.42 Å². The molecule has 0 aliphatic carbocycles. The Morgan fingerprint density at radius 3 is 2.21 bits per heavy atom. The summed E-state index contributed by atoms with van der Waals surface area (Å²) in [5.41, 5.74) is 1.55. The molecule has 0 spiro atoms. The first kappa shape index (κ1) is 13.5. The molecule has 0 aliphatic heterocycles. The van der Waals surface area contributed by atoms with Crippen molar-refractivity contribution in [2.75, 3.05) is 25.3 Å². The van der Waals surface area contributed by atoms with Crippen LogP contribution in [-0.4, -0.2) is 38.7 Å². The fourth-order valence-corrected chi connectivity index (χ4v) is 2.21. The molecular weight excluding hydrogens is 262 g/mol. The molecule has 0 aliphatic rings. The average Bonchev–Trinajstić information content (AvgIpc) is 2.38. The van der Waals surface area contributed by atoms with E-state index in [0.717, 1.165) is 11.4 Å². The molecule has 0 saturated heterocycles. The summed E-state index contributed by atoms with van der Waals surface area (Å²) in [5.74, 6) is 0.754. The Kier molecular flexibility index (Phi) is 3.53. The Labute approximate surface area is 112 Å². The van der Waals surface area contributed by atoms with Crippen molar-refractivity contribution in [3.63, 3.8) is 0 Å². The van der Waals surface area contributed by atoms with Crippen LogP contribution < -0.4 is 4.90 Å². The second kappa shape index (κ2) is 4.97. The van der Waals surface area contributed by atoms with Gasteiger partial charge in [-0.1, -0.05) is 12.1 Å². The van der Waals surface area contributed by atoms with Crippen molar-refractivity contribution in [1.82, 2.24) is 9.97 Å². The largest absolute Gasteiger partial charge is 0.361 e. The first-order valence-corrected chi connectivity index (χ1v) is 7.57. The summed E-state index contributed by atoms with van der Waals surface area (Å²) in [5, 5.41) is 0. The van der Waals surface area contributed by atoms with E-state index in [2.05, 4.69) is 9.97 Å². The van der Waals surface area contributed by atoms with E-state index in [1.54, 1.807) is 36.7 Å². The molecule has 100 valence electrons. The summed E-state index contributed by atoms with van der Waals surface area (Å²) < 4.78 is 22.8. The molecule has 0 radical (unpaired) electrons. The topological polar surface area (TPSA) is 63.2 Å². The second-order valence-electron chi connectivity index (χ2n) is 4.45. The van der Waals surface area contributed by atoms with Crippen LogP contribution in [0.3, 0.4) is 0 Å². The highest BCUT2D eigenvalue weighted by Crippen LogP contribution is 2.20. The molecule has 2 aromatic rings. The molecule has 0 bridgehead atoms.